The Morgan fingerprint density at radius 1 is 1.47 bits per heavy atom. The van der Waals surface area contributed by atoms with E-state index >= 15 is 0 Å². The van der Waals surface area contributed by atoms with Gasteiger partial charge < -0.3 is 19.7 Å². The molecule has 104 valence electrons. The minimum Gasteiger partial charge on any atom is -0.387 e. The number of aromatic nitrogens is 2. The molecule has 0 bridgehead atoms. The van der Waals surface area contributed by atoms with Crippen molar-refractivity contribution in [2.45, 2.75) is 19.1 Å². The number of aryl methyl sites for hydroxylation is 1. The second-order valence-corrected chi connectivity index (χ2v) is 4.78. The van der Waals surface area contributed by atoms with Crippen molar-refractivity contribution in [2.24, 2.45) is 7.05 Å². The van der Waals surface area contributed by atoms with E-state index < -0.39 is 6.10 Å². The highest BCUT2D eigenvalue weighted by molar-refractivity contribution is 5.76. The van der Waals surface area contributed by atoms with Gasteiger partial charge in [-0.25, -0.2) is 4.98 Å². The number of benzene rings is 1. The fourth-order valence-electron chi connectivity index (χ4n) is 2.13. The topological polar surface area (TPSA) is 59.3 Å². The third kappa shape index (κ3) is 3.12. The predicted molar refractivity (Wildman–Crippen MR) is 75.0 cm³/mol. The zero-order chi connectivity index (χ0) is 13.8. The molecule has 0 fully saturated rings. The van der Waals surface area contributed by atoms with Gasteiger partial charge in [0.15, 0.2) is 0 Å². The van der Waals surface area contributed by atoms with Gasteiger partial charge in [0, 0.05) is 26.7 Å². The Kier molecular flexibility index (Phi) is 4.52. The second kappa shape index (κ2) is 6.14. The maximum atomic E-state index is 10.3. The number of nitrogens with one attached hydrogen (secondary N) is 1. The Morgan fingerprint density at radius 3 is 3.00 bits per heavy atom. The van der Waals surface area contributed by atoms with Gasteiger partial charge in [0.25, 0.3) is 0 Å². The molecule has 19 heavy (non-hydrogen) atoms. The molecule has 2 rings (SSSR count). The first-order chi connectivity index (χ1) is 9.13. The Balaban J connectivity index is 2.09. The number of nitrogens with zero attached hydrogens (tertiary/aromatic N) is 2. The Hall–Kier alpha value is -1.43. The first-order valence-electron chi connectivity index (χ1n) is 6.45. The van der Waals surface area contributed by atoms with Crippen molar-refractivity contribution in [2.75, 3.05) is 20.3 Å². The number of fused-ring (bicyclic) bond motifs is 1. The molecule has 0 aliphatic rings. The molecule has 0 spiro atoms. The number of hydrogen-bond acceptors (Lipinski definition) is 4. The van der Waals surface area contributed by atoms with Crippen LogP contribution in [0.2, 0.25) is 0 Å². The highest BCUT2D eigenvalue weighted by Crippen LogP contribution is 2.21. The summed E-state index contributed by atoms with van der Waals surface area (Å²) >= 11 is 0. The molecule has 0 amide bonds. The van der Waals surface area contributed by atoms with Crippen LogP contribution < -0.4 is 5.32 Å². The van der Waals surface area contributed by atoms with Gasteiger partial charge in [0.05, 0.1) is 30.1 Å². The molecule has 0 aliphatic carbocycles. The fourth-order valence-corrected chi connectivity index (χ4v) is 2.13. The SMILES string of the molecule is COCCNC(C)C(O)c1ccc2c(c1)ncn2C. The maximum Gasteiger partial charge on any atom is 0.0955 e. The van der Waals surface area contributed by atoms with E-state index in [-0.39, 0.29) is 6.04 Å². The summed E-state index contributed by atoms with van der Waals surface area (Å²) in [6, 6.07) is 5.84. The predicted octanol–water partition coefficient (Wildman–Crippen LogP) is 1.23. The number of aliphatic hydroxyl groups excluding tert-OH is 1. The van der Waals surface area contributed by atoms with Gasteiger partial charge in [-0.3, -0.25) is 0 Å². The minimum absolute atomic E-state index is 0.0312. The van der Waals surface area contributed by atoms with Crippen LogP contribution in [0, 0.1) is 0 Å². The molecule has 5 nitrogen and oxygen atoms in total. The Morgan fingerprint density at radius 2 is 2.26 bits per heavy atom. The van der Waals surface area contributed by atoms with E-state index in [0.29, 0.717) is 6.61 Å². The van der Waals surface area contributed by atoms with E-state index in [1.807, 2.05) is 36.7 Å². The highest BCUT2D eigenvalue weighted by Gasteiger charge is 2.16. The van der Waals surface area contributed by atoms with E-state index in [0.717, 1.165) is 23.1 Å². The van der Waals surface area contributed by atoms with Crippen LogP contribution in [0.4, 0.5) is 0 Å². The molecule has 0 aliphatic heterocycles. The molecular weight excluding hydrogens is 242 g/mol. The van der Waals surface area contributed by atoms with Gasteiger partial charge in [-0.15, -0.1) is 0 Å². The third-order valence-electron chi connectivity index (χ3n) is 3.34. The lowest BCUT2D eigenvalue weighted by Crippen LogP contribution is -2.34. The average molecular weight is 263 g/mol. The molecule has 1 aromatic heterocycles. The van der Waals surface area contributed by atoms with Crippen LogP contribution in [-0.2, 0) is 11.8 Å². The summed E-state index contributed by atoms with van der Waals surface area (Å²) in [5.74, 6) is 0. The van der Waals surface area contributed by atoms with Crippen molar-refractivity contribution >= 4 is 11.0 Å². The van der Waals surface area contributed by atoms with Crippen LogP contribution in [-0.4, -0.2) is 41.0 Å². The van der Waals surface area contributed by atoms with Gasteiger partial charge in [-0.1, -0.05) is 6.07 Å². The average Bonchev–Trinajstić information content (AvgIpc) is 2.79. The normalized spacial score (nSPS) is 14.7. The number of aliphatic hydroxyl groups is 1. The molecule has 0 saturated heterocycles. The zero-order valence-electron chi connectivity index (χ0n) is 11.6. The summed E-state index contributed by atoms with van der Waals surface area (Å²) in [7, 11) is 3.62. The van der Waals surface area contributed by atoms with Crippen LogP contribution >= 0.6 is 0 Å². The van der Waals surface area contributed by atoms with E-state index in [4.69, 9.17) is 4.74 Å². The summed E-state index contributed by atoms with van der Waals surface area (Å²) in [5.41, 5.74) is 2.85. The largest absolute Gasteiger partial charge is 0.387 e. The van der Waals surface area contributed by atoms with Gasteiger partial charge >= 0.3 is 0 Å². The first kappa shape index (κ1) is 14.0. The Bertz CT molecular complexity index is 538. The molecule has 1 heterocycles. The lowest BCUT2D eigenvalue weighted by molar-refractivity contribution is 0.127. The van der Waals surface area contributed by atoms with Crippen molar-refractivity contribution in [3.8, 4) is 0 Å². The summed E-state index contributed by atoms with van der Waals surface area (Å²) < 4.78 is 6.95. The molecule has 1 aromatic carbocycles. The molecule has 2 atom stereocenters. The summed E-state index contributed by atoms with van der Waals surface area (Å²) in [6.45, 7) is 3.32. The molecule has 5 heteroatoms. The number of rotatable bonds is 6. The highest BCUT2D eigenvalue weighted by atomic mass is 16.5. The number of imidazole rings is 1. The van der Waals surface area contributed by atoms with E-state index in [1.54, 1.807) is 13.4 Å². The third-order valence-corrected chi connectivity index (χ3v) is 3.34. The van der Waals surface area contributed by atoms with Crippen molar-refractivity contribution in [1.82, 2.24) is 14.9 Å². The number of ether oxygens (including phenoxy) is 1. The smallest absolute Gasteiger partial charge is 0.0955 e. The monoisotopic (exact) mass is 263 g/mol. The van der Waals surface area contributed by atoms with Crippen LogP contribution in [0.25, 0.3) is 11.0 Å². The van der Waals surface area contributed by atoms with E-state index in [2.05, 4.69) is 10.3 Å². The molecular formula is C14H21N3O2. The number of hydrogen-bond donors (Lipinski definition) is 2. The quantitative estimate of drug-likeness (QED) is 0.770. The van der Waals surface area contributed by atoms with Crippen LogP contribution in [0.5, 0.6) is 0 Å². The standard InChI is InChI=1S/C14H21N3O2/c1-10(15-6-7-19-3)14(18)11-4-5-13-12(8-11)16-9-17(13)2/h4-5,8-10,14-15,18H,6-7H2,1-3H3. The maximum absolute atomic E-state index is 10.3. The van der Waals surface area contributed by atoms with Gasteiger partial charge in [-0.2, -0.15) is 0 Å². The molecule has 0 radical (unpaired) electrons. The van der Waals surface area contributed by atoms with Gasteiger partial charge in [-0.05, 0) is 24.6 Å². The first-order valence-corrected chi connectivity index (χ1v) is 6.45. The Labute approximate surface area is 113 Å². The summed E-state index contributed by atoms with van der Waals surface area (Å²) in [5, 5.41) is 13.6. The molecule has 2 aromatic rings. The van der Waals surface area contributed by atoms with Gasteiger partial charge in [0.2, 0.25) is 0 Å². The lowest BCUT2D eigenvalue weighted by atomic mass is 10.0. The molecule has 2 unspecified atom stereocenters. The summed E-state index contributed by atoms with van der Waals surface area (Å²) in [4.78, 5) is 4.31. The van der Waals surface area contributed by atoms with Crippen LogP contribution in [0.15, 0.2) is 24.5 Å². The van der Waals surface area contributed by atoms with Crippen molar-refractivity contribution < 1.29 is 9.84 Å². The zero-order valence-corrected chi connectivity index (χ0v) is 11.6. The van der Waals surface area contributed by atoms with Crippen molar-refractivity contribution in [1.29, 1.82) is 0 Å². The summed E-state index contributed by atoms with van der Waals surface area (Å²) in [6.07, 6.45) is 1.23. The van der Waals surface area contributed by atoms with Crippen molar-refractivity contribution in [3.05, 3.63) is 30.1 Å². The number of methoxy groups -OCH3 is 1. The van der Waals surface area contributed by atoms with E-state index in [1.165, 1.54) is 0 Å². The van der Waals surface area contributed by atoms with Gasteiger partial charge in [0.1, 0.15) is 0 Å². The molecule has 0 saturated carbocycles. The minimum atomic E-state index is -0.553. The molecule has 2 N–H and O–H groups in total. The lowest BCUT2D eigenvalue weighted by Gasteiger charge is -2.20. The fraction of sp³-hybridized carbons (Fsp3) is 0.500. The van der Waals surface area contributed by atoms with Crippen LogP contribution in [0.1, 0.15) is 18.6 Å². The van der Waals surface area contributed by atoms with Crippen LogP contribution in [0.3, 0.4) is 0 Å². The van der Waals surface area contributed by atoms with E-state index in [9.17, 15) is 5.11 Å². The second-order valence-electron chi connectivity index (χ2n) is 4.78. The van der Waals surface area contributed by atoms with Crippen molar-refractivity contribution in [3.63, 3.8) is 0 Å².